The van der Waals surface area contributed by atoms with Gasteiger partial charge in [-0.3, -0.25) is 9.59 Å². The summed E-state index contributed by atoms with van der Waals surface area (Å²) < 4.78 is 5.16. The third kappa shape index (κ3) is 8.11. The minimum atomic E-state index is -0.843. The molecule has 1 fully saturated rings. The Kier molecular flexibility index (Phi) is 8.61. The molecule has 7 nitrogen and oxygen atoms in total. The summed E-state index contributed by atoms with van der Waals surface area (Å²) in [5.74, 6) is -0.345. The van der Waals surface area contributed by atoms with Gasteiger partial charge in [-0.15, -0.1) is 0 Å². The predicted octanol–water partition coefficient (Wildman–Crippen LogP) is 2.24. The zero-order chi connectivity index (χ0) is 19.5. The zero-order valence-electron chi connectivity index (χ0n) is 15.6. The number of ether oxygens (including phenoxy) is 1. The minimum Gasteiger partial charge on any atom is -0.445 e. The molecule has 0 aliphatic heterocycles. The lowest BCUT2D eigenvalue weighted by Crippen LogP contribution is -2.48. The first-order valence-electron chi connectivity index (χ1n) is 9.58. The standard InChI is InChI=1S/C20H29N3O4/c21-18(24)12-11-17(19(25)22-13-15-7-3-1-4-8-15)23-20(26)27-14-16-9-5-2-6-10-16/h2,5-6,9-10,15,17H,1,3-4,7-8,11-14H2,(H2,21,24)(H,22,25)(H,23,26)/t17-/m1/s1. The molecule has 1 aromatic rings. The van der Waals surface area contributed by atoms with Crippen molar-refractivity contribution < 1.29 is 19.1 Å². The summed E-state index contributed by atoms with van der Waals surface area (Å²) in [7, 11) is 0. The first-order valence-corrected chi connectivity index (χ1v) is 9.58. The summed E-state index contributed by atoms with van der Waals surface area (Å²) in [5.41, 5.74) is 6.03. The van der Waals surface area contributed by atoms with Gasteiger partial charge in [-0.1, -0.05) is 49.6 Å². The lowest BCUT2D eigenvalue weighted by molar-refractivity contribution is -0.123. The second-order valence-electron chi connectivity index (χ2n) is 7.01. The molecule has 0 bridgehead atoms. The van der Waals surface area contributed by atoms with E-state index in [1.165, 1.54) is 19.3 Å². The number of carbonyl (C=O) groups is 3. The molecule has 4 N–H and O–H groups in total. The average molecular weight is 375 g/mol. The first-order chi connectivity index (χ1) is 13.0. The van der Waals surface area contributed by atoms with Crippen LogP contribution in [-0.4, -0.2) is 30.5 Å². The lowest BCUT2D eigenvalue weighted by atomic mass is 9.89. The zero-order valence-corrected chi connectivity index (χ0v) is 15.6. The van der Waals surface area contributed by atoms with Crippen molar-refractivity contribution in [2.75, 3.05) is 6.54 Å². The van der Waals surface area contributed by atoms with Crippen molar-refractivity contribution in [1.82, 2.24) is 10.6 Å². The molecule has 1 aromatic carbocycles. The van der Waals surface area contributed by atoms with Crippen molar-refractivity contribution >= 4 is 17.9 Å². The van der Waals surface area contributed by atoms with Gasteiger partial charge in [0.2, 0.25) is 11.8 Å². The van der Waals surface area contributed by atoms with Gasteiger partial charge in [0, 0.05) is 13.0 Å². The van der Waals surface area contributed by atoms with Crippen molar-refractivity contribution in [1.29, 1.82) is 0 Å². The van der Waals surface area contributed by atoms with Crippen LogP contribution in [0.3, 0.4) is 0 Å². The van der Waals surface area contributed by atoms with Crippen LogP contribution in [0.25, 0.3) is 0 Å². The van der Waals surface area contributed by atoms with E-state index in [1.54, 1.807) is 0 Å². The van der Waals surface area contributed by atoms with E-state index in [4.69, 9.17) is 10.5 Å². The van der Waals surface area contributed by atoms with Gasteiger partial charge in [-0.25, -0.2) is 4.79 Å². The molecule has 3 amide bonds. The summed E-state index contributed by atoms with van der Waals surface area (Å²) in [6.07, 6.45) is 5.32. The maximum Gasteiger partial charge on any atom is 0.408 e. The summed E-state index contributed by atoms with van der Waals surface area (Å²) in [6, 6.07) is 8.42. The summed E-state index contributed by atoms with van der Waals surface area (Å²) in [5, 5.41) is 5.44. The number of carbonyl (C=O) groups excluding carboxylic acids is 3. The molecular formula is C20H29N3O4. The highest BCUT2D eigenvalue weighted by atomic mass is 16.5. The highest BCUT2D eigenvalue weighted by Crippen LogP contribution is 2.22. The number of amides is 3. The van der Waals surface area contributed by atoms with Gasteiger partial charge in [0.1, 0.15) is 12.6 Å². The second-order valence-corrected chi connectivity index (χ2v) is 7.01. The van der Waals surface area contributed by atoms with E-state index >= 15 is 0 Å². The highest BCUT2D eigenvalue weighted by Gasteiger charge is 2.23. The number of hydrogen-bond acceptors (Lipinski definition) is 4. The summed E-state index contributed by atoms with van der Waals surface area (Å²) >= 11 is 0. The molecule has 0 spiro atoms. The van der Waals surface area contributed by atoms with Crippen molar-refractivity contribution in [3.8, 4) is 0 Å². The van der Waals surface area contributed by atoms with E-state index in [9.17, 15) is 14.4 Å². The molecular weight excluding hydrogens is 346 g/mol. The molecule has 0 radical (unpaired) electrons. The third-order valence-corrected chi connectivity index (χ3v) is 4.79. The van der Waals surface area contributed by atoms with E-state index in [0.717, 1.165) is 18.4 Å². The first kappa shape index (κ1) is 20.7. The van der Waals surface area contributed by atoms with Crippen LogP contribution >= 0.6 is 0 Å². The normalized spacial score (nSPS) is 15.6. The Labute approximate surface area is 160 Å². The largest absolute Gasteiger partial charge is 0.445 e. The fraction of sp³-hybridized carbons (Fsp3) is 0.550. The van der Waals surface area contributed by atoms with Gasteiger partial charge in [0.25, 0.3) is 0 Å². The maximum atomic E-state index is 12.5. The molecule has 0 heterocycles. The number of alkyl carbamates (subject to hydrolysis) is 1. The Hall–Kier alpha value is -2.57. The molecule has 0 aromatic heterocycles. The van der Waals surface area contributed by atoms with Crippen LogP contribution in [0, 0.1) is 5.92 Å². The minimum absolute atomic E-state index is 0.0144. The molecule has 27 heavy (non-hydrogen) atoms. The van der Waals surface area contributed by atoms with Gasteiger partial charge >= 0.3 is 6.09 Å². The second kappa shape index (κ2) is 11.2. The quantitative estimate of drug-likeness (QED) is 0.615. The van der Waals surface area contributed by atoms with Gasteiger partial charge in [-0.05, 0) is 30.7 Å². The van der Waals surface area contributed by atoms with Crippen LogP contribution in [0.5, 0.6) is 0 Å². The van der Waals surface area contributed by atoms with Gasteiger partial charge in [0.15, 0.2) is 0 Å². The Bertz CT molecular complexity index is 615. The number of rotatable bonds is 9. The SMILES string of the molecule is NC(=O)CC[C@@H](NC(=O)OCc1ccccc1)C(=O)NCC1CCCCC1. The summed E-state index contributed by atoms with van der Waals surface area (Å²) in [6.45, 7) is 0.700. The number of primary amides is 1. The topological polar surface area (TPSA) is 111 Å². The van der Waals surface area contributed by atoms with Gasteiger partial charge in [-0.2, -0.15) is 0 Å². The number of hydrogen-bond donors (Lipinski definition) is 3. The van der Waals surface area contributed by atoms with Gasteiger partial charge in [0.05, 0.1) is 0 Å². The van der Waals surface area contributed by atoms with E-state index < -0.39 is 18.0 Å². The van der Waals surface area contributed by atoms with Crippen LogP contribution in [0.15, 0.2) is 30.3 Å². The van der Waals surface area contributed by atoms with E-state index in [1.807, 2.05) is 30.3 Å². The van der Waals surface area contributed by atoms with Crippen molar-refractivity contribution in [3.63, 3.8) is 0 Å². The fourth-order valence-electron chi connectivity index (χ4n) is 3.22. The molecule has 0 unspecified atom stereocenters. The van der Waals surface area contributed by atoms with E-state index in [-0.39, 0.29) is 25.4 Å². The van der Waals surface area contributed by atoms with Crippen LogP contribution in [0.2, 0.25) is 0 Å². The number of nitrogens with two attached hydrogens (primary N) is 1. The number of benzene rings is 1. The predicted molar refractivity (Wildman–Crippen MR) is 102 cm³/mol. The number of nitrogens with one attached hydrogen (secondary N) is 2. The molecule has 7 heteroatoms. The maximum absolute atomic E-state index is 12.5. The third-order valence-electron chi connectivity index (χ3n) is 4.79. The monoisotopic (exact) mass is 375 g/mol. The molecule has 1 aliphatic carbocycles. The Morgan fingerprint density at radius 2 is 1.81 bits per heavy atom. The lowest BCUT2D eigenvalue weighted by Gasteiger charge is -2.23. The van der Waals surface area contributed by atoms with Crippen molar-refractivity contribution in [2.24, 2.45) is 11.7 Å². The summed E-state index contributed by atoms with van der Waals surface area (Å²) in [4.78, 5) is 35.6. The Morgan fingerprint density at radius 3 is 2.48 bits per heavy atom. The fourth-order valence-corrected chi connectivity index (χ4v) is 3.22. The highest BCUT2D eigenvalue weighted by molar-refractivity contribution is 5.86. The molecule has 1 aliphatic rings. The van der Waals surface area contributed by atoms with Crippen LogP contribution in [-0.2, 0) is 20.9 Å². The van der Waals surface area contributed by atoms with Crippen LogP contribution in [0.1, 0.15) is 50.5 Å². The van der Waals surface area contributed by atoms with Crippen molar-refractivity contribution in [3.05, 3.63) is 35.9 Å². The van der Waals surface area contributed by atoms with E-state index in [2.05, 4.69) is 10.6 Å². The molecule has 1 saturated carbocycles. The Balaban J connectivity index is 1.82. The molecule has 2 rings (SSSR count). The van der Waals surface area contributed by atoms with Crippen LogP contribution < -0.4 is 16.4 Å². The van der Waals surface area contributed by atoms with Crippen LogP contribution in [0.4, 0.5) is 4.79 Å². The molecule has 1 atom stereocenters. The molecule has 148 valence electrons. The van der Waals surface area contributed by atoms with Gasteiger partial charge < -0.3 is 21.1 Å². The Morgan fingerprint density at radius 1 is 1.11 bits per heavy atom. The molecule has 0 saturated heterocycles. The average Bonchev–Trinajstić information content (AvgIpc) is 2.69. The van der Waals surface area contributed by atoms with E-state index in [0.29, 0.717) is 12.5 Å². The smallest absolute Gasteiger partial charge is 0.408 e. The van der Waals surface area contributed by atoms with Crippen molar-refractivity contribution in [2.45, 2.75) is 57.6 Å².